The van der Waals surface area contributed by atoms with E-state index in [2.05, 4.69) is 18.8 Å². The summed E-state index contributed by atoms with van der Waals surface area (Å²) in [5.41, 5.74) is 0.565. The number of aliphatic imine (C=N–C) groups is 1. The van der Waals surface area contributed by atoms with E-state index in [9.17, 15) is 4.79 Å². The lowest BCUT2D eigenvalue weighted by Gasteiger charge is -2.11. The Labute approximate surface area is 97.6 Å². The number of ketones is 1. The first-order valence-corrected chi connectivity index (χ1v) is 5.64. The van der Waals surface area contributed by atoms with Crippen LogP contribution in [0.1, 0.15) is 20.3 Å². The van der Waals surface area contributed by atoms with Crippen LogP contribution in [0, 0.1) is 11.8 Å². The SMILES string of the molecule is CC1C=C(C(=O)C=CN(C)C)N=CCC1C. The molecule has 3 heteroatoms. The standard InChI is InChI=1S/C13H20N2O/c1-10-5-7-14-12(9-11(10)2)13(16)6-8-15(3)4/h6-11H,5H2,1-4H3. The van der Waals surface area contributed by atoms with Crippen LogP contribution in [0.15, 0.2) is 29.0 Å². The van der Waals surface area contributed by atoms with E-state index in [1.807, 2.05) is 31.3 Å². The van der Waals surface area contributed by atoms with E-state index < -0.39 is 0 Å². The monoisotopic (exact) mass is 220 g/mol. The van der Waals surface area contributed by atoms with Crippen molar-refractivity contribution in [3.8, 4) is 0 Å². The van der Waals surface area contributed by atoms with Crippen LogP contribution in [-0.2, 0) is 4.79 Å². The summed E-state index contributed by atoms with van der Waals surface area (Å²) >= 11 is 0. The molecule has 1 aliphatic heterocycles. The number of nitrogens with zero attached hydrogens (tertiary/aromatic N) is 2. The minimum Gasteiger partial charge on any atom is -0.383 e. The maximum absolute atomic E-state index is 11.8. The zero-order valence-corrected chi connectivity index (χ0v) is 10.5. The summed E-state index contributed by atoms with van der Waals surface area (Å²) < 4.78 is 0. The summed E-state index contributed by atoms with van der Waals surface area (Å²) in [7, 11) is 3.78. The largest absolute Gasteiger partial charge is 0.383 e. The van der Waals surface area contributed by atoms with Gasteiger partial charge in [-0.25, -0.2) is 0 Å². The van der Waals surface area contributed by atoms with Gasteiger partial charge >= 0.3 is 0 Å². The van der Waals surface area contributed by atoms with Gasteiger partial charge in [-0.15, -0.1) is 0 Å². The Hall–Kier alpha value is -1.38. The number of carbonyl (C=O) groups excluding carboxylic acids is 1. The van der Waals surface area contributed by atoms with E-state index in [4.69, 9.17) is 0 Å². The van der Waals surface area contributed by atoms with Gasteiger partial charge in [-0.05, 0) is 18.3 Å². The van der Waals surface area contributed by atoms with Crippen molar-refractivity contribution in [3.63, 3.8) is 0 Å². The third-order valence-electron chi connectivity index (χ3n) is 2.80. The molecule has 0 aromatic heterocycles. The Kier molecular flexibility index (Phi) is 4.47. The van der Waals surface area contributed by atoms with E-state index in [-0.39, 0.29) is 5.78 Å². The second-order valence-corrected chi connectivity index (χ2v) is 4.58. The quantitative estimate of drug-likeness (QED) is 0.683. The lowest BCUT2D eigenvalue weighted by Crippen LogP contribution is -2.06. The molecular formula is C13H20N2O. The first-order valence-electron chi connectivity index (χ1n) is 5.64. The van der Waals surface area contributed by atoms with Crippen molar-refractivity contribution >= 4 is 12.0 Å². The number of carbonyl (C=O) groups is 1. The highest BCUT2D eigenvalue weighted by Gasteiger charge is 2.15. The highest BCUT2D eigenvalue weighted by atomic mass is 16.1. The van der Waals surface area contributed by atoms with Gasteiger partial charge in [-0.2, -0.15) is 0 Å². The fourth-order valence-corrected chi connectivity index (χ4v) is 1.44. The van der Waals surface area contributed by atoms with Gasteiger partial charge in [-0.1, -0.05) is 19.9 Å². The van der Waals surface area contributed by atoms with Crippen LogP contribution in [0.5, 0.6) is 0 Å². The normalized spacial score (nSPS) is 25.4. The molecule has 0 spiro atoms. The van der Waals surface area contributed by atoms with Gasteiger partial charge in [0.05, 0.1) is 0 Å². The summed E-state index contributed by atoms with van der Waals surface area (Å²) in [6.45, 7) is 4.30. The molecule has 0 aromatic rings. The molecule has 1 heterocycles. The zero-order chi connectivity index (χ0) is 12.1. The van der Waals surface area contributed by atoms with Crippen LogP contribution in [-0.4, -0.2) is 31.0 Å². The van der Waals surface area contributed by atoms with Crippen LogP contribution >= 0.6 is 0 Å². The third kappa shape index (κ3) is 3.65. The van der Waals surface area contributed by atoms with Gasteiger partial charge in [0.15, 0.2) is 0 Å². The van der Waals surface area contributed by atoms with Crippen LogP contribution in [0.4, 0.5) is 0 Å². The second kappa shape index (κ2) is 5.64. The molecule has 16 heavy (non-hydrogen) atoms. The molecule has 0 amide bonds. The highest BCUT2D eigenvalue weighted by Crippen LogP contribution is 2.21. The van der Waals surface area contributed by atoms with E-state index in [0.29, 0.717) is 17.5 Å². The molecule has 0 saturated heterocycles. The maximum atomic E-state index is 11.8. The molecule has 0 aliphatic carbocycles. The summed E-state index contributed by atoms with van der Waals surface area (Å²) in [5.74, 6) is 0.923. The van der Waals surface area contributed by atoms with Crippen LogP contribution in [0.2, 0.25) is 0 Å². The third-order valence-corrected chi connectivity index (χ3v) is 2.80. The summed E-state index contributed by atoms with van der Waals surface area (Å²) in [6, 6.07) is 0. The van der Waals surface area contributed by atoms with Crippen LogP contribution in [0.3, 0.4) is 0 Å². The molecule has 0 fully saturated rings. The number of allylic oxidation sites excluding steroid dienone is 2. The van der Waals surface area contributed by atoms with Crippen molar-refractivity contribution in [1.29, 1.82) is 0 Å². The van der Waals surface area contributed by atoms with Crippen molar-refractivity contribution in [2.45, 2.75) is 20.3 Å². The minimum absolute atomic E-state index is 0.0223. The molecule has 1 aliphatic rings. The molecule has 2 unspecified atom stereocenters. The molecule has 0 bridgehead atoms. The Balaban J connectivity index is 2.78. The van der Waals surface area contributed by atoms with E-state index in [1.54, 1.807) is 12.3 Å². The minimum atomic E-state index is -0.0223. The van der Waals surface area contributed by atoms with Crippen molar-refractivity contribution in [2.24, 2.45) is 16.8 Å². The second-order valence-electron chi connectivity index (χ2n) is 4.58. The predicted octanol–water partition coefficient (Wildman–Crippen LogP) is 2.26. The molecule has 2 atom stereocenters. The molecule has 0 aromatic carbocycles. The molecular weight excluding hydrogens is 200 g/mol. The maximum Gasteiger partial charge on any atom is 0.205 e. The van der Waals surface area contributed by atoms with Crippen molar-refractivity contribution in [3.05, 3.63) is 24.0 Å². The molecule has 1 rings (SSSR count). The van der Waals surface area contributed by atoms with Crippen LogP contribution < -0.4 is 0 Å². The Morgan fingerprint density at radius 3 is 2.81 bits per heavy atom. The van der Waals surface area contributed by atoms with Gasteiger partial charge in [-0.3, -0.25) is 9.79 Å². The smallest absolute Gasteiger partial charge is 0.205 e. The molecule has 0 radical (unpaired) electrons. The van der Waals surface area contributed by atoms with E-state index in [0.717, 1.165) is 6.42 Å². The first kappa shape index (κ1) is 12.7. The first-order chi connectivity index (χ1) is 7.50. The average molecular weight is 220 g/mol. The fourth-order valence-electron chi connectivity index (χ4n) is 1.44. The Morgan fingerprint density at radius 1 is 1.50 bits per heavy atom. The van der Waals surface area contributed by atoms with Gasteiger partial charge in [0.1, 0.15) is 5.70 Å². The summed E-state index contributed by atoms with van der Waals surface area (Å²) in [5, 5.41) is 0. The average Bonchev–Trinajstić information content (AvgIpc) is 2.38. The lowest BCUT2D eigenvalue weighted by molar-refractivity contribution is -0.111. The lowest BCUT2D eigenvalue weighted by atomic mass is 9.93. The predicted molar refractivity (Wildman–Crippen MR) is 67.4 cm³/mol. The number of hydrogen-bond acceptors (Lipinski definition) is 3. The van der Waals surface area contributed by atoms with Crippen molar-refractivity contribution < 1.29 is 4.79 Å². The molecule has 0 saturated carbocycles. The van der Waals surface area contributed by atoms with Gasteiger partial charge in [0.25, 0.3) is 0 Å². The Morgan fingerprint density at radius 2 is 2.19 bits per heavy atom. The van der Waals surface area contributed by atoms with Crippen molar-refractivity contribution in [1.82, 2.24) is 4.90 Å². The molecule has 88 valence electrons. The Bertz CT molecular complexity index is 340. The molecule has 0 N–H and O–H groups in total. The van der Waals surface area contributed by atoms with Gasteiger partial charge < -0.3 is 4.90 Å². The zero-order valence-electron chi connectivity index (χ0n) is 10.5. The number of hydrogen-bond donors (Lipinski definition) is 0. The summed E-state index contributed by atoms with van der Waals surface area (Å²) in [4.78, 5) is 17.9. The highest BCUT2D eigenvalue weighted by molar-refractivity contribution is 6.04. The topological polar surface area (TPSA) is 32.7 Å². The van der Waals surface area contributed by atoms with Crippen LogP contribution in [0.25, 0.3) is 0 Å². The van der Waals surface area contributed by atoms with Gasteiger partial charge in [0, 0.05) is 32.6 Å². The summed E-state index contributed by atoms with van der Waals surface area (Å²) in [6.07, 6.45) is 8.06. The van der Waals surface area contributed by atoms with Gasteiger partial charge in [0.2, 0.25) is 5.78 Å². The van der Waals surface area contributed by atoms with Crippen molar-refractivity contribution in [2.75, 3.05) is 14.1 Å². The molecule has 3 nitrogen and oxygen atoms in total. The van der Waals surface area contributed by atoms with E-state index >= 15 is 0 Å². The fraction of sp³-hybridized carbons (Fsp3) is 0.538. The van der Waals surface area contributed by atoms with E-state index in [1.165, 1.54) is 0 Å². The number of rotatable bonds is 3.